The first-order valence-corrected chi connectivity index (χ1v) is 7.10. The van der Waals surface area contributed by atoms with Crippen molar-refractivity contribution >= 4 is 0 Å². The quantitative estimate of drug-likeness (QED) is 0.709. The number of hydrogen-bond acceptors (Lipinski definition) is 6. The average Bonchev–Trinajstić information content (AvgIpc) is 2.64. The van der Waals surface area contributed by atoms with Crippen molar-refractivity contribution in [2.75, 3.05) is 7.11 Å². The van der Waals surface area contributed by atoms with Gasteiger partial charge >= 0.3 is 6.01 Å². The van der Waals surface area contributed by atoms with E-state index in [4.69, 9.17) is 19.5 Å². The molecule has 0 N–H and O–H groups in total. The third kappa shape index (κ3) is 3.78. The van der Waals surface area contributed by atoms with Gasteiger partial charge in [0.05, 0.1) is 18.7 Å². The number of hydrogen-bond donors (Lipinski definition) is 0. The summed E-state index contributed by atoms with van der Waals surface area (Å²) < 4.78 is 16.3. The molecule has 1 heterocycles. The van der Waals surface area contributed by atoms with Crippen molar-refractivity contribution in [2.45, 2.75) is 0 Å². The van der Waals surface area contributed by atoms with Gasteiger partial charge in [0.15, 0.2) is 0 Å². The Labute approximate surface area is 138 Å². The Morgan fingerprint density at radius 2 is 1.42 bits per heavy atom. The van der Waals surface area contributed by atoms with Crippen LogP contribution in [0, 0.1) is 11.3 Å². The number of methoxy groups -OCH3 is 1. The minimum absolute atomic E-state index is 0.204. The van der Waals surface area contributed by atoms with E-state index >= 15 is 0 Å². The molecule has 0 fully saturated rings. The second kappa shape index (κ2) is 7.11. The lowest BCUT2D eigenvalue weighted by Gasteiger charge is -2.08. The third-order valence-electron chi connectivity index (χ3n) is 3.07. The summed E-state index contributed by atoms with van der Waals surface area (Å²) in [6.45, 7) is 0. The summed E-state index contributed by atoms with van der Waals surface area (Å²) in [5.41, 5.74) is 0.587. The van der Waals surface area contributed by atoms with E-state index in [1.54, 1.807) is 60.8 Å². The van der Waals surface area contributed by atoms with Crippen LogP contribution in [0.5, 0.6) is 29.1 Å². The van der Waals surface area contributed by atoms with Crippen LogP contribution in [-0.4, -0.2) is 17.1 Å². The van der Waals surface area contributed by atoms with Gasteiger partial charge in [-0.3, -0.25) is 0 Å². The number of nitrogens with zero attached hydrogens (tertiary/aromatic N) is 3. The summed E-state index contributed by atoms with van der Waals surface area (Å²) in [7, 11) is 1.53. The standard InChI is InChI=1S/C18H13N3O3/c1-22-17-10-11-20-18(21-17)24-16-8-6-15(7-9-16)23-14-4-2-13(12-19)3-5-14/h2-11H,1H3. The highest BCUT2D eigenvalue weighted by Crippen LogP contribution is 2.26. The maximum absolute atomic E-state index is 8.78. The normalized spacial score (nSPS) is 9.83. The molecular formula is C18H13N3O3. The molecule has 6 heteroatoms. The van der Waals surface area contributed by atoms with Gasteiger partial charge in [-0.1, -0.05) is 0 Å². The van der Waals surface area contributed by atoms with E-state index in [-0.39, 0.29) is 6.01 Å². The molecule has 0 saturated carbocycles. The lowest BCUT2D eigenvalue weighted by molar-refractivity contribution is 0.376. The first-order valence-electron chi connectivity index (χ1n) is 7.10. The van der Waals surface area contributed by atoms with Crippen molar-refractivity contribution < 1.29 is 14.2 Å². The molecule has 3 rings (SSSR count). The molecule has 0 amide bonds. The number of nitriles is 1. The Hall–Kier alpha value is -3.59. The molecule has 2 aromatic carbocycles. The Morgan fingerprint density at radius 3 is 2.00 bits per heavy atom. The van der Waals surface area contributed by atoms with Crippen molar-refractivity contribution in [3.63, 3.8) is 0 Å². The summed E-state index contributed by atoms with van der Waals surface area (Å²) in [5, 5.41) is 8.78. The van der Waals surface area contributed by atoms with Gasteiger partial charge in [0, 0.05) is 12.3 Å². The number of rotatable bonds is 5. The molecule has 0 unspecified atom stereocenters. The van der Waals surface area contributed by atoms with Gasteiger partial charge in [0.2, 0.25) is 5.88 Å². The predicted molar refractivity (Wildman–Crippen MR) is 86.3 cm³/mol. The molecule has 0 atom stereocenters. The molecule has 0 spiro atoms. The fourth-order valence-corrected chi connectivity index (χ4v) is 1.90. The summed E-state index contributed by atoms with van der Waals surface area (Å²) >= 11 is 0. The molecule has 118 valence electrons. The van der Waals surface area contributed by atoms with Crippen LogP contribution in [0.15, 0.2) is 60.8 Å². The van der Waals surface area contributed by atoms with E-state index in [9.17, 15) is 0 Å². The van der Waals surface area contributed by atoms with Gasteiger partial charge in [0.1, 0.15) is 17.2 Å². The third-order valence-corrected chi connectivity index (χ3v) is 3.07. The highest BCUT2D eigenvalue weighted by molar-refractivity contribution is 5.39. The smallest absolute Gasteiger partial charge is 0.325 e. The van der Waals surface area contributed by atoms with Crippen LogP contribution in [0.25, 0.3) is 0 Å². The SMILES string of the molecule is COc1ccnc(Oc2ccc(Oc3ccc(C#N)cc3)cc2)n1. The first-order chi connectivity index (χ1) is 11.8. The monoisotopic (exact) mass is 319 g/mol. The van der Waals surface area contributed by atoms with Crippen LogP contribution in [0.2, 0.25) is 0 Å². The summed E-state index contributed by atoms with van der Waals surface area (Å²) in [6, 6.07) is 17.8. The lowest BCUT2D eigenvalue weighted by atomic mass is 10.2. The molecule has 1 aromatic heterocycles. The van der Waals surface area contributed by atoms with Gasteiger partial charge in [-0.15, -0.1) is 0 Å². The van der Waals surface area contributed by atoms with Crippen LogP contribution in [0.4, 0.5) is 0 Å². The topological polar surface area (TPSA) is 77.3 Å². The number of ether oxygens (including phenoxy) is 3. The molecule has 6 nitrogen and oxygen atoms in total. The zero-order valence-corrected chi connectivity index (χ0v) is 12.8. The molecule has 0 radical (unpaired) electrons. The molecule has 0 bridgehead atoms. The van der Waals surface area contributed by atoms with Crippen LogP contribution in [-0.2, 0) is 0 Å². The van der Waals surface area contributed by atoms with E-state index in [1.807, 2.05) is 0 Å². The van der Waals surface area contributed by atoms with E-state index < -0.39 is 0 Å². The molecule has 0 aliphatic rings. The van der Waals surface area contributed by atoms with Crippen molar-refractivity contribution in [2.24, 2.45) is 0 Å². The fraction of sp³-hybridized carbons (Fsp3) is 0.0556. The minimum Gasteiger partial charge on any atom is -0.481 e. The lowest BCUT2D eigenvalue weighted by Crippen LogP contribution is -1.94. The zero-order chi connectivity index (χ0) is 16.8. The summed E-state index contributed by atoms with van der Waals surface area (Å²) in [5.74, 6) is 2.31. The van der Waals surface area contributed by atoms with E-state index in [2.05, 4.69) is 16.0 Å². The van der Waals surface area contributed by atoms with Gasteiger partial charge in [0.25, 0.3) is 0 Å². The van der Waals surface area contributed by atoms with Crippen LogP contribution in [0.3, 0.4) is 0 Å². The molecule has 0 aliphatic heterocycles. The van der Waals surface area contributed by atoms with Crippen molar-refractivity contribution in [3.05, 3.63) is 66.4 Å². The molecular weight excluding hydrogens is 306 g/mol. The second-order valence-electron chi connectivity index (χ2n) is 4.69. The van der Waals surface area contributed by atoms with Crippen LogP contribution < -0.4 is 14.2 Å². The maximum atomic E-state index is 8.78. The highest BCUT2D eigenvalue weighted by atomic mass is 16.5. The van der Waals surface area contributed by atoms with Gasteiger partial charge in [-0.2, -0.15) is 10.2 Å². The second-order valence-corrected chi connectivity index (χ2v) is 4.69. The van der Waals surface area contributed by atoms with Crippen molar-refractivity contribution in [3.8, 4) is 35.2 Å². The van der Waals surface area contributed by atoms with E-state index in [1.165, 1.54) is 7.11 Å². The Morgan fingerprint density at radius 1 is 0.833 bits per heavy atom. The fourth-order valence-electron chi connectivity index (χ4n) is 1.90. The zero-order valence-electron chi connectivity index (χ0n) is 12.8. The molecule has 3 aromatic rings. The Bertz CT molecular complexity index is 856. The van der Waals surface area contributed by atoms with Crippen LogP contribution >= 0.6 is 0 Å². The van der Waals surface area contributed by atoms with E-state index in [0.29, 0.717) is 28.7 Å². The number of aromatic nitrogens is 2. The van der Waals surface area contributed by atoms with Gasteiger partial charge in [-0.05, 0) is 48.5 Å². The van der Waals surface area contributed by atoms with Crippen molar-refractivity contribution in [1.29, 1.82) is 5.26 Å². The van der Waals surface area contributed by atoms with Crippen molar-refractivity contribution in [1.82, 2.24) is 9.97 Å². The van der Waals surface area contributed by atoms with E-state index in [0.717, 1.165) is 0 Å². The number of benzene rings is 2. The molecule has 0 saturated heterocycles. The summed E-state index contributed by atoms with van der Waals surface area (Å²) in [6.07, 6.45) is 1.56. The van der Waals surface area contributed by atoms with Gasteiger partial charge < -0.3 is 14.2 Å². The van der Waals surface area contributed by atoms with Crippen LogP contribution in [0.1, 0.15) is 5.56 Å². The largest absolute Gasteiger partial charge is 0.481 e. The molecule has 0 aliphatic carbocycles. The Balaban J connectivity index is 1.67. The maximum Gasteiger partial charge on any atom is 0.325 e. The predicted octanol–water partition coefficient (Wildman–Crippen LogP) is 3.94. The van der Waals surface area contributed by atoms with Gasteiger partial charge in [-0.25, -0.2) is 4.98 Å². The molecule has 24 heavy (non-hydrogen) atoms. The minimum atomic E-state index is 0.204. The Kier molecular flexibility index (Phi) is 4.54. The highest BCUT2D eigenvalue weighted by Gasteiger charge is 2.04. The summed E-state index contributed by atoms with van der Waals surface area (Å²) in [4.78, 5) is 8.10. The average molecular weight is 319 g/mol. The first kappa shape index (κ1) is 15.3.